The molecule has 118 valence electrons. The predicted molar refractivity (Wildman–Crippen MR) is 88.0 cm³/mol. The molecule has 2 aromatic rings. The molecule has 2 atom stereocenters. The van der Waals surface area contributed by atoms with Gasteiger partial charge < -0.3 is 4.90 Å². The van der Waals surface area contributed by atoms with Gasteiger partial charge in [0.25, 0.3) is 0 Å². The molecular formula is C19H21N3O. The number of nitrogens with zero attached hydrogens (tertiary/aromatic N) is 3. The fourth-order valence-corrected chi connectivity index (χ4v) is 4.05. The molecule has 2 unspecified atom stereocenters. The number of amides is 1. The van der Waals surface area contributed by atoms with E-state index >= 15 is 0 Å². The Labute approximate surface area is 136 Å². The molecule has 1 aromatic heterocycles. The first-order valence-electron chi connectivity index (χ1n) is 8.31. The van der Waals surface area contributed by atoms with Gasteiger partial charge in [-0.15, -0.1) is 0 Å². The Morgan fingerprint density at radius 1 is 1.30 bits per heavy atom. The molecule has 4 rings (SSSR count). The zero-order valence-corrected chi connectivity index (χ0v) is 13.6. The lowest BCUT2D eigenvalue weighted by Crippen LogP contribution is -2.43. The highest BCUT2D eigenvalue weighted by molar-refractivity contribution is 5.80. The van der Waals surface area contributed by atoms with Crippen molar-refractivity contribution >= 4 is 5.91 Å². The van der Waals surface area contributed by atoms with Crippen LogP contribution >= 0.6 is 0 Å². The Hall–Kier alpha value is -2.23. The van der Waals surface area contributed by atoms with Crippen molar-refractivity contribution in [3.63, 3.8) is 0 Å². The van der Waals surface area contributed by atoms with Crippen LogP contribution in [0, 0.1) is 13.8 Å². The van der Waals surface area contributed by atoms with E-state index in [0.717, 1.165) is 41.9 Å². The number of carbonyl (C=O) groups is 1. The van der Waals surface area contributed by atoms with Gasteiger partial charge in [-0.2, -0.15) is 0 Å². The van der Waals surface area contributed by atoms with Gasteiger partial charge in [0.15, 0.2) is 0 Å². The molecular weight excluding hydrogens is 286 g/mol. The molecule has 0 aliphatic carbocycles. The number of benzene rings is 1. The summed E-state index contributed by atoms with van der Waals surface area (Å²) in [5, 5.41) is 0. The van der Waals surface area contributed by atoms with Gasteiger partial charge in [0, 0.05) is 24.2 Å². The zero-order valence-electron chi connectivity index (χ0n) is 13.6. The van der Waals surface area contributed by atoms with Crippen molar-refractivity contribution in [2.24, 2.45) is 0 Å². The molecule has 4 nitrogen and oxygen atoms in total. The highest BCUT2D eigenvalue weighted by Gasteiger charge is 2.43. The standard InChI is InChI=1S/C19H21N3O/c1-12-4-3-5-14(8-12)9-19(23)22-15-6-7-18(22)16-11-20-13(2)21-17(16)10-15/h3-5,8,11,15,18H,6-7,9-10H2,1-2H3. The molecule has 23 heavy (non-hydrogen) atoms. The van der Waals surface area contributed by atoms with Crippen LogP contribution in [-0.4, -0.2) is 26.8 Å². The highest BCUT2D eigenvalue weighted by atomic mass is 16.2. The third-order valence-corrected chi connectivity index (χ3v) is 5.04. The van der Waals surface area contributed by atoms with Gasteiger partial charge >= 0.3 is 0 Å². The SMILES string of the molecule is Cc1cccc(CC(=O)N2C3CCC2c2cnc(C)nc2C3)c1. The van der Waals surface area contributed by atoms with Gasteiger partial charge in [-0.1, -0.05) is 29.8 Å². The van der Waals surface area contributed by atoms with Crippen LogP contribution in [0.4, 0.5) is 0 Å². The number of aryl methyl sites for hydroxylation is 2. The minimum absolute atomic E-state index is 0.168. The van der Waals surface area contributed by atoms with Crippen LogP contribution in [0.2, 0.25) is 0 Å². The van der Waals surface area contributed by atoms with E-state index in [4.69, 9.17) is 0 Å². The second-order valence-corrected chi connectivity index (χ2v) is 6.74. The second kappa shape index (κ2) is 5.44. The molecule has 0 saturated carbocycles. The molecule has 0 spiro atoms. The summed E-state index contributed by atoms with van der Waals surface area (Å²) in [4.78, 5) is 23.9. The fourth-order valence-electron chi connectivity index (χ4n) is 4.05. The highest BCUT2D eigenvalue weighted by Crippen LogP contribution is 2.43. The van der Waals surface area contributed by atoms with Gasteiger partial charge in [0.2, 0.25) is 5.91 Å². The van der Waals surface area contributed by atoms with Crippen LogP contribution in [0.1, 0.15) is 47.1 Å². The first kappa shape index (κ1) is 14.4. The predicted octanol–water partition coefficient (Wildman–Crippen LogP) is 2.92. The van der Waals surface area contributed by atoms with Gasteiger partial charge in [0.05, 0.1) is 18.2 Å². The minimum atomic E-state index is 0.168. The number of hydrogen-bond acceptors (Lipinski definition) is 3. The van der Waals surface area contributed by atoms with E-state index in [1.54, 1.807) is 0 Å². The largest absolute Gasteiger partial charge is 0.332 e. The summed E-state index contributed by atoms with van der Waals surface area (Å²) in [5.74, 6) is 1.05. The third kappa shape index (κ3) is 2.52. The minimum Gasteiger partial charge on any atom is -0.332 e. The Morgan fingerprint density at radius 2 is 2.17 bits per heavy atom. The van der Waals surface area contributed by atoms with E-state index in [2.05, 4.69) is 33.9 Å². The zero-order chi connectivity index (χ0) is 16.0. The molecule has 2 aliphatic rings. The molecule has 2 bridgehead atoms. The summed E-state index contributed by atoms with van der Waals surface area (Å²) in [6.07, 6.45) is 5.38. The smallest absolute Gasteiger partial charge is 0.227 e. The summed E-state index contributed by atoms with van der Waals surface area (Å²) in [7, 11) is 0. The molecule has 0 N–H and O–H groups in total. The van der Waals surface area contributed by atoms with Gasteiger partial charge in [0.1, 0.15) is 5.82 Å². The van der Waals surface area contributed by atoms with Crippen LogP contribution in [0.3, 0.4) is 0 Å². The lowest BCUT2D eigenvalue weighted by atomic mass is 9.98. The third-order valence-electron chi connectivity index (χ3n) is 5.04. The van der Waals surface area contributed by atoms with Crippen molar-refractivity contribution in [1.82, 2.24) is 14.9 Å². The number of aromatic nitrogens is 2. The van der Waals surface area contributed by atoms with E-state index in [1.807, 2.05) is 25.3 Å². The lowest BCUT2D eigenvalue weighted by molar-refractivity contribution is -0.134. The number of carbonyl (C=O) groups excluding carboxylic acids is 1. The number of hydrogen-bond donors (Lipinski definition) is 0. The molecule has 1 fully saturated rings. The van der Waals surface area contributed by atoms with Crippen LogP contribution < -0.4 is 0 Å². The Morgan fingerprint density at radius 3 is 3.00 bits per heavy atom. The quantitative estimate of drug-likeness (QED) is 0.857. The Kier molecular flexibility index (Phi) is 3.40. The normalized spacial score (nSPS) is 22.1. The first-order valence-corrected chi connectivity index (χ1v) is 8.31. The van der Waals surface area contributed by atoms with Crippen LogP contribution in [-0.2, 0) is 17.6 Å². The van der Waals surface area contributed by atoms with Crippen LogP contribution in [0.25, 0.3) is 0 Å². The molecule has 1 saturated heterocycles. The molecule has 1 amide bonds. The molecule has 4 heteroatoms. The summed E-state index contributed by atoms with van der Waals surface area (Å²) in [6.45, 7) is 3.99. The first-order chi connectivity index (χ1) is 11.1. The number of fused-ring (bicyclic) bond motifs is 4. The van der Waals surface area contributed by atoms with Crippen molar-refractivity contribution in [1.29, 1.82) is 0 Å². The molecule has 3 heterocycles. The topological polar surface area (TPSA) is 46.1 Å². The maximum atomic E-state index is 12.9. The maximum Gasteiger partial charge on any atom is 0.227 e. The van der Waals surface area contributed by atoms with Crippen molar-refractivity contribution in [2.45, 2.75) is 51.6 Å². The van der Waals surface area contributed by atoms with Crippen molar-refractivity contribution < 1.29 is 4.79 Å². The van der Waals surface area contributed by atoms with E-state index in [0.29, 0.717) is 12.5 Å². The second-order valence-electron chi connectivity index (χ2n) is 6.74. The van der Waals surface area contributed by atoms with E-state index in [-0.39, 0.29) is 11.9 Å². The van der Waals surface area contributed by atoms with E-state index in [1.165, 1.54) is 5.56 Å². The fraction of sp³-hybridized carbons (Fsp3) is 0.421. The summed E-state index contributed by atoms with van der Waals surface area (Å²) < 4.78 is 0. The number of rotatable bonds is 2. The van der Waals surface area contributed by atoms with Crippen molar-refractivity contribution in [3.8, 4) is 0 Å². The van der Waals surface area contributed by atoms with Crippen molar-refractivity contribution in [3.05, 3.63) is 58.7 Å². The van der Waals surface area contributed by atoms with Gasteiger partial charge in [-0.3, -0.25) is 4.79 Å². The van der Waals surface area contributed by atoms with Gasteiger partial charge in [-0.05, 0) is 32.3 Å². The molecule has 0 radical (unpaired) electrons. The summed E-state index contributed by atoms with van der Waals surface area (Å²) in [5.41, 5.74) is 4.60. The van der Waals surface area contributed by atoms with Crippen molar-refractivity contribution in [2.75, 3.05) is 0 Å². The summed E-state index contributed by atoms with van der Waals surface area (Å²) >= 11 is 0. The summed E-state index contributed by atoms with van der Waals surface area (Å²) in [6, 6.07) is 8.70. The molecule has 1 aromatic carbocycles. The maximum absolute atomic E-state index is 12.9. The van der Waals surface area contributed by atoms with Crippen LogP contribution in [0.5, 0.6) is 0 Å². The molecule has 2 aliphatic heterocycles. The van der Waals surface area contributed by atoms with Crippen LogP contribution in [0.15, 0.2) is 30.5 Å². The van der Waals surface area contributed by atoms with Gasteiger partial charge in [-0.25, -0.2) is 9.97 Å². The monoisotopic (exact) mass is 307 g/mol. The average molecular weight is 307 g/mol. The van der Waals surface area contributed by atoms with E-state index in [9.17, 15) is 4.79 Å². The van der Waals surface area contributed by atoms with E-state index < -0.39 is 0 Å². The Bertz CT molecular complexity index is 771. The Balaban J connectivity index is 1.60. The average Bonchev–Trinajstić information content (AvgIpc) is 2.83. The lowest BCUT2D eigenvalue weighted by Gasteiger charge is -2.35.